The number of hydrogen-bond acceptors (Lipinski definition) is 5. The van der Waals surface area contributed by atoms with Gasteiger partial charge in [0, 0.05) is 56.9 Å². The van der Waals surface area contributed by atoms with Gasteiger partial charge in [0.25, 0.3) is 5.91 Å². The molecule has 0 atom stereocenters. The molecular weight excluding hydrogens is 743 g/mol. The van der Waals surface area contributed by atoms with Crippen molar-refractivity contribution in [2.75, 3.05) is 6.54 Å². The maximum Gasteiger partial charge on any atom is 0.335 e. The van der Waals surface area contributed by atoms with E-state index in [1.807, 2.05) is 127 Å². The Bertz CT molecular complexity index is 2740. The first-order valence-electron chi connectivity index (χ1n) is 17.8. The minimum absolute atomic E-state index is 0.194. The van der Waals surface area contributed by atoms with Crippen LogP contribution in [0.5, 0.6) is 0 Å². The molecular formula is C47H34Cl2N2O5. The molecule has 1 amide bonds. The van der Waals surface area contributed by atoms with Crippen molar-refractivity contribution in [2.24, 2.45) is 0 Å². The standard InChI is InChI=1S/C25H19ClN2O2.C22H15ClO3/c26-21-9-1-5-17(13-21)14-22-16-19-7-3-10-23(24(19)30-22)18-6-2-8-20(15-18)25(29)28-12-4-11-27;23-18-8-1-4-14(10-18)11-19-13-16-6-3-9-20(21(16)26-19)15-5-2-7-17(12-15)22(24)25/h1-3,5-10,13,15-16H,4,12,14H2,(H,28,29);1-10,12-13H,11H2,(H,24,25). The molecule has 0 saturated heterocycles. The van der Waals surface area contributed by atoms with Gasteiger partial charge in [0.05, 0.1) is 18.1 Å². The number of nitrogens with zero attached hydrogens (tertiary/aromatic N) is 1. The van der Waals surface area contributed by atoms with Gasteiger partial charge >= 0.3 is 5.97 Å². The van der Waals surface area contributed by atoms with E-state index in [0.717, 1.165) is 66.8 Å². The Morgan fingerprint density at radius 2 is 1.09 bits per heavy atom. The van der Waals surface area contributed by atoms with Gasteiger partial charge in [0.1, 0.15) is 22.7 Å². The quantitative estimate of drug-likeness (QED) is 0.134. The molecule has 6 aromatic carbocycles. The van der Waals surface area contributed by atoms with Gasteiger partial charge in [-0.3, -0.25) is 4.79 Å². The lowest BCUT2D eigenvalue weighted by Crippen LogP contribution is -2.24. The van der Waals surface area contributed by atoms with Crippen LogP contribution in [0.1, 0.15) is 49.8 Å². The number of furan rings is 2. The van der Waals surface area contributed by atoms with E-state index in [2.05, 4.69) is 5.32 Å². The van der Waals surface area contributed by atoms with Crippen LogP contribution >= 0.6 is 23.2 Å². The van der Waals surface area contributed by atoms with E-state index >= 15 is 0 Å². The van der Waals surface area contributed by atoms with Gasteiger partial charge < -0.3 is 19.3 Å². The van der Waals surface area contributed by atoms with E-state index in [1.54, 1.807) is 24.3 Å². The zero-order chi connectivity index (χ0) is 39.0. The van der Waals surface area contributed by atoms with Crippen LogP contribution in [-0.2, 0) is 12.8 Å². The van der Waals surface area contributed by atoms with Gasteiger partial charge in [0.2, 0.25) is 0 Å². The average Bonchev–Trinajstić information content (AvgIpc) is 3.81. The topological polar surface area (TPSA) is 116 Å². The Balaban J connectivity index is 0.000000173. The van der Waals surface area contributed by atoms with Crippen LogP contribution in [0.15, 0.2) is 154 Å². The summed E-state index contributed by atoms with van der Waals surface area (Å²) < 4.78 is 12.3. The van der Waals surface area contributed by atoms with E-state index in [0.29, 0.717) is 35.0 Å². The Kier molecular flexibility index (Phi) is 11.6. The fraction of sp³-hybridized carbons (Fsp3) is 0.0851. The molecule has 0 unspecified atom stereocenters. The highest BCUT2D eigenvalue weighted by Gasteiger charge is 2.14. The summed E-state index contributed by atoms with van der Waals surface area (Å²) >= 11 is 12.2. The summed E-state index contributed by atoms with van der Waals surface area (Å²) in [5, 5.41) is 24.0. The molecule has 276 valence electrons. The lowest BCUT2D eigenvalue weighted by molar-refractivity contribution is 0.0696. The largest absolute Gasteiger partial charge is 0.478 e. The molecule has 0 aliphatic carbocycles. The predicted molar refractivity (Wildman–Crippen MR) is 221 cm³/mol. The van der Waals surface area contributed by atoms with E-state index in [1.165, 1.54) is 0 Å². The van der Waals surface area contributed by atoms with Gasteiger partial charge in [-0.1, -0.05) is 108 Å². The van der Waals surface area contributed by atoms with Crippen molar-refractivity contribution in [2.45, 2.75) is 19.3 Å². The van der Waals surface area contributed by atoms with Gasteiger partial charge in [-0.15, -0.1) is 0 Å². The Morgan fingerprint density at radius 3 is 1.59 bits per heavy atom. The zero-order valence-corrected chi connectivity index (χ0v) is 31.5. The fourth-order valence-electron chi connectivity index (χ4n) is 6.54. The number of amides is 1. The molecule has 2 N–H and O–H groups in total. The number of carboxylic acid groups (broad SMARTS) is 1. The molecule has 0 radical (unpaired) electrons. The van der Waals surface area contributed by atoms with Crippen molar-refractivity contribution < 1.29 is 23.5 Å². The highest BCUT2D eigenvalue weighted by molar-refractivity contribution is 6.30. The Labute approximate surface area is 333 Å². The number of carbonyl (C=O) groups is 2. The first-order chi connectivity index (χ1) is 27.2. The number of hydrogen-bond donors (Lipinski definition) is 2. The van der Waals surface area contributed by atoms with E-state index < -0.39 is 5.97 Å². The highest BCUT2D eigenvalue weighted by atomic mass is 35.5. The number of nitrogens with one attached hydrogen (secondary N) is 1. The third-order valence-electron chi connectivity index (χ3n) is 9.10. The second-order valence-electron chi connectivity index (χ2n) is 13.1. The summed E-state index contributed by atoms with van der Waals surface area (Å²) in [7, 11) is 0. The molecule has 0 aliphatic rings. The van der Waals surface area contributed by atoms with Gasteiger partial charge in [0.15, 0.2) is 0 Å². The van der Waals surface area contributed by atoms with Crippen LogP contribution in [0.2, 0.25) is 10.0 Å². The van der Waals surface area contributed by atoms with Crippen molar-refractivity contribution in [3.63, 3.8) is 0 Å². The number of aromatic carboxylic acids is 1. The number of nitriles is 1. The van der Waals surface area contributed by atoms with Crippen LogP contribution in [0.3, 0.4) is 0 Å². The molecule has 0 saturated carbocycles. The Morgan fingerprint density at radius 1 is 0.607 bits per heavy atom. The van der Waals surface area contributed by atoms with Crippen LogP contribution in [-0.4, -0.2) is 23.5 Å². The lowest BCUT2D eigenvalue weighted by Gasteiger charge is -2.07. The summed E-state index contributed by atoms with van der Waals surface area (Å²) in [5.74, 6) is 0.551. The van der Waals surface area contributed by atoms with Crippen molar-refractivity contribution >= 4 is 57.0 Å². The van der Waals surface area contributed by atoms with Crippen molar-refractivity contribution in [1.29, 1.82) is 5.26 Å². The highest BCUT2D eigenvalue weighted by Crippen LogP contribution is 2.34. The molecule has 0 aliphatic heterocycles. The third kappa shape index (κ3) is 9.02. The van der Waals surface area contributed by atoms with Gasteiger partial charge in [-0.25, -0.2) is 4.79 Å². The van der Waals surface area contributed by atoms with E-state index in [9.17, 15) is 14.7 Å². The molecule has 8 rings (SSSR count). The van der Waals surface area contributed by atoms with Crippen LogP contribution in [0, 0.1) is 11.3 Å². The molecule has 9 heteroatoms. The van der Waals surface area contributed by atoms with Gasteiger partial charge in [-0.2, -0.15) is 5.26 Å². The minimum Gasteiger partial charge on any atom is -0.478 e. The van der Waals surface area contributed by atoms with Crippen molar-refractivity contribution in [1.82, 2.24) is 5.32 Å². The number of carbonyl (C=O) groups excluding carboxylic acids is 1. The van der Waals surface area contributed by atoms with Crippen molar-refractivity contribution in [3.8, 4) is 28.3 Å². The number of fused-ring (bicyclic) bond motifs is 2. The smallest absolute Gasteiger partial charge is 0.335 e. The summed E-state index contributed by atoms with van der Waals surface area (Å²) in [6.45, 7) is 0.334. The summed E-state index contributed by atoms with van der Waals surface area (Å²) in [6.07, 6.45) is 1.58. The summed E-state index contributed by atoms with van der Waals surface area (Å²) in [6, 6.07) is 47.7. The first-order valence-corrected chi connectivity index (χ1v) is 18.6. The third-order valence-corrected chi connectivity index (χ3v) is 9.57. The minimum atomic E-state index is -0.944. The SMILES string of the molecule is N#CCCNC(=O)c1cccc(-c2cccc3cc(Cc4cccc(Cl)c4)oc23)c1.O=C(O)c1cccc(-c2cccc3cc(Cc4cccc(Cl)c4)oc23)c1. The van der Waals surface area contributed by atoms with E-state index in [-0.39, 0.29) is 17.9 Å². The van der Waals surface area contributed by atoms with E-state index in [4.69, 9.17) is 37.3 Å². The predicted octanol–water partition coefficient (Wildman–Crippen LogP) is 12.0. The molecule has 7 nitrogen and oxygen atoms in total. The number of rotatable bonds is 10. The van der Waals surface area contributed by atoms with Crippen LogP contribution in [0.4, 0.5) is 0 Å². The number of halogens is 2. The maximum atomic E-state index is 12.3. The monoisotopic (exact) mass is 776 g/mol. The molecule has 0 fully saturated rings. The Hall–Kier alpha value is -6.59. The summed E-state index contributed by atoms with van der Waals surface area (Å²) in [5.41, 5.74) is 8.03. The number of benzene rings is 6. The summed E-state index contributed by atoms with van der Waals surface area (Å²) in [4.78, 5) is 23.6. The average molecular weight is 778 g/mol. The molecule has 2 heterocycles. The fourth-order valence-corrected chi connectivity index (χ4v) is 6.97. The van der Waals surface area contributed by atoms with Crippen LogP contribution < -0.4 is 5.32 Å². The first kappa shape index (κ1) is 37.7. The van der Waals surface area contributed by atoms with Crippen molar-refractivity contribution in [3.05, 3.63) is 189 Å². The molecule has 56 heavy (non-hydrogen) atoms. The molecule has 2 aromatic heterocycles. The molecule has 0 bridgehead atoms. The molecule has 8 aromatic rings. The zero-order valence-electron chi connectivity index (χ0n) is 30.0. The van der Waals surface area contributed by atoms with Crippen LogP contribution in [0.25, 0.3) is 44.2 Å². The number of carboxylic acids is 1. The second-order valence-corrected chi connectivity index (χ2v) is 14.0. The number of para-hydroxylation sites is 2. The van der Waals surface area contributed by atoms with Gasteiger partial charge in [-0.05, 0) is 82.9 Å². The molecule has 0 spiro atoms. The lowest BCUT2D eigenvalue weighted by atomic mass is 10.0. The maximum absolute atomic E-state index is 12.3. The normalized spacial score (nSPS) is 10.8. The second kappa shape index (κ2) is 17.3.